The molecular formula is C28H34N2O6S. The predicted octanol–water partition coefficient (Wildman–Crippen LogP) is 4.11. The molecule has 0 aliphatic rings. The molecule has 2 N–H and O–H groups in total. The fourth-order valence-electron chi connectivity index (χ4n) is 3.90. The van der Waals surface area contributed by atoms with Gasteiger partial charge < -0.3 is 19.5 Å². The fourth-order valence-corrected chi connectivity index (χ4v) is 5.13. The summed E-state index contributed by atoms with van der Waals surface area (Å²) in [5.41, 5.74) is 2.27. The average molecular weight is 527 g/mol. The van der Waals surface area contributed by atoms with Crippen LogP contribution in [0.4, 0.5) is 0 Å². The van der Waals surface area contributed by atoms with E-state index in [4.69, 9.17) is 14.2 Å². The maximum Gasteiger partial charge on any atom is 0.282 e. The van der Waals surface area contributed by atoms with Gasteiger partial charge in [-0.05, 0) is 56.2 Å². The number of nitrogens with one attached hydrogen (secondary N) is 2. The molecule has 0 saturated heterocycles. The summed E-state index contributed by atoms with van der Waals surface area (Å²) < 4.78 is 46.8. The van der Waals surface area contributed by atoms with Crippen molar-refractivity contribution in [2.75, 3.05) is 20.3 Å². The van der Waals surface area contributed by atoms with Crippen molar-refractivity contribution in [2.45, 2.75) is 44.0 Å². The topological polar surface area (TPSA) is 103 Å². The van der Waals surface area contributed by atoms with Crippen LogP contribution >= 0.6 is 0 Å². The summed E-state index contributed by atoms with van der Waals surface area (Å²) in [5, 5.41) is 2.87. The third kappa shape index (κ3) is 6.95. The lowest BCUT2D eigenvalue weighted by Crippen LogP contribution is -2.59. The molecular weight excluding hydrogens is 492 g/mol. The Bertz CT molecular complexity index is 1240. The van der Waals surface area contributed by atoms with Crippen molar-refractivity contribution in [1.29, 1.82) is 0 Å². The maximum atomic E-state index is 13.8. The number of carbonyl (C=O) groups is 1. The van der Waals surface area contributed by atoms with Crippen LogP contribution < -0.4 is 14.8 Å². The van der Waals surface area contributed by atoms with Crippen molar-refractivity contribution >= 4 is 15.9 Å². The van der Waals surface area contributed by atoms with Gasteiger partial charge in [0.1, 0.15) is 11.8 Å². The second kappa shape index (κ2) is 12.8. The van der Waals surface area contributed by atoms with Gasteiger partial charge in [-0.3, -0.25) is 4.79 Å². The third-order valence-electron chi connectivity index (χ3n) is 5.76. The molecule has 0 saturated carbocycles. The summed E-state index contributed by atoms with van der Waals surface area (Å²) in [7, 11) is -2.48. The van der Waals surface area contributed by atoms with Gasteiger partial charge in [0.15, 0.2) is 0 Å². The van der Waals surface area contributed by atoms with Gasteiger partial charge in [-0.25, -0.2) is 8.42 Å². The smallest absolute Gasteiger partial charge is 0.282 e. The minimum absolute atomic E-state index is 0.0690. The van der Waals surface area contributed by atoms with E-state index in [-0.39, 0.29) is 24.7 Å². The van der Waals surface area contributed by atoms with E-state index in [1.54, 1.807) is 69.5 Å². The number of ether oxygens (including phenoxy) is 3. The summed E-state index contributed by atoms with van der Waals surface area (Å²) in [6.07, 6.45) is 0. The van der Waals surface area contributed by atoms with Crippen molar-refractivity contribution in [3.05, 3.63) is 95.6 Å². The van der Waals surface area contributed by atoms with Gasteiger partial charge in [-0.15, -0.1) is 0 Å². The second-order valence-corrected chi connectivity index (χ2v) is 10.1. The lowest BCUT2D eigenvalue weighted by molar-refractivity contribution is -0.240. The van der Waals surface area contributed by atoms with Crippen molar-refractivity contribution in [1.82, 2.24) is 10.0 Å². The molecule has 0 aromatic heterocycles. The number of amides is 1. The Labute approximate surface area is 219 Å². The Hall–Kier alpha value is -3.24. The summed E-state index contributed by atoms with van der Waals surface area (Å²) in [5.74, 6) is -1.88. The summed E-state index contributed by atoms with van der Waals surface area (Å²) >= 11 is 0. The molecule has 0 fully saturated rings. The fraction of sp³-hybridized carbons (Fsp3) is 0.321. The highest BCUT2D eigenvalue weighted by Crippen LogP contribution is 2.33. The molecule has 1 atom stereocenters. The van der Waals surface area contributed by atoms with Crippen LogP contribution in [-0.2, 0) is 30.8 Å². The minimum atomic E-state index is -4.06. The Balaban J connectivity index is 2.02. The third-order valence-corrected chi connectivity index (χ3v) is 7.20. The molecule has 9 heteroatoms. The van der Waals surface area contributed by atoms with Gasteiger partial charge in [0.2, 0.25) is 10.0 Å². The lowest BCUT2D eigenvalue weighted by Gasteiger charge is -2.38. The average Bonchev–Trinajstić information content (AvgIpc) is 2.91. The zero-order valence-corrected chi connectivity index (χ0v) is 22.4. The monoisotopic (exact) mass is 526 g/mol. The first kappa shape index (κ1) is 28.3. The largest absolute Gasteiger partial charge is 0.497 e. The minimum Gasteiger partial charge on any atom is -0.497 e. The maximum absolute atomic E-state index is 13.8. The van der Waals surface area contributed by atoms with Crippen LogP contribution in [0, 0.1) is 6.92 Å². The van der Waals surface area contributed by atoms with Crippen LogP contribution in [0.2, 0.25) is 0 Å². The van der Waals surface area contributed by atoms with Crippen LogP contribution in [0.1, 0.15) is 36.6 Å². The molecule has 0 radical (unpaired) electrons. The Morgan fingerprint density at radius 1 is 0.892 bits per heavy atom. The van der Waals surface area contributed by atoms with Crippen LogP contribution in [-0.4, -0.2) is 40.4 Å². The van der Waals surface area contributed by atoms with Gasteiger partial charge in [0.05, 0.1) is 12.0 Å². The number of methoxy groups -OCH3 is 1. The van der Waals surface area contributed by atoms with E-state index in [2.05, 4.69) is 10.0 Å². The van der Waals surface area contributed by atoms with Crippen LogP contribution in [0.5, 0.6) is 5.75 Å². The predicted molar refractivity (Wildman–Crippen MR) is 142 cm³/mol. The van der Waals surface area contributed by atoms with E-state index in [1.165, 1.54) is 12.1 Å². The molecule has 3 aromatic carbocycles. The first-order valence-electron chi connectivity index (χ1n) is 12.1. The highest BCUT2D eigenvalue weighted by Gasteiger charge is 2.50. The van der Waals surface area contributed by atoms with Gasteiger partial charge in [0, 0.05) is 19.8 Å². The molecule has 0 spiro atoms. The van der Waals surface area contributed by atoms with Gasteiger partial charge in [0.25, 0.3) is 11.7 Å². The molecule has 0 aliphatic heterocycles. The molecule has 0 heterocycles. The summed E-state index contributed by atoms with van der Waals surface area (Å²) in [6.45, 7) is 5.70. The first-order chi connectivity index (χ1) is 17.8. The van der Waals surface area contributed by atoms with E-state index in [0.29, 0.717) is 11.3 Å². The van der Waals surface area contributed by atoms with Crippen molar-refractivity contribution < 1.29 is 27.4 Å². The van der Waals surface area contributed by atoms with Gasteiger partial charge in [-0.2, -0.15) is 4.72 Å². The molecule has 0 aliphatic carbocycles. The van der Waals surface area contributed by atoms with Crippen LogP contribution in [0.25, 0.3) is 0 Å². The van der Waals surface area contributed by atoms with Crippen LogP contribution in [0.15, 0.2) is 83.8 Å². The van der Waals surface area contributed by atoms with Gasteiger partial charge in [-0.1, -0.05) is 60.2 Å². The van der Waals surface area contributed by atoms with E-state index in [9.17, 15) is 13.2 Å². The van der Waals surface area contributed by atoms with Gasteiger partial charge >= 0.3 is 0 Å². The molecule has 1 unspecified atom stereocenters. The molecule has 8 nitrogen and oxygen atoms in total. The summed E-state index contributed by atoms with van der Waals surface area (Å²) in [6, 6.07) is 21.3. The molecule has 1 amide bonds. The number of aryl methyl sites for hydroxylation is 1. The van der Waals surface area contributed by atoms with E-state index >= 15 is 0 Å². The quantitative estimate of drug-likeness (QED) is 0.325. The lowest BCUT2D eigenvalue weighted by atomic mass is 9.97. The van der Waals surface area contributed by atoms with Crippen molar-refractivity contribution in [2.24, 2.45) is 0 Å². The summed E-state index contributed by atoms with van der Waals surface area (Å²) in [4.78, 5) is 13.9. The Kier molecular flexibility index (Phi) is 9.82. The van der Waals surface area contributed by atoms with E-state index in [0.717, 1.165) is 11.1 Å². The zero-order valence-electron chi connectivity index (χ0n) is 21.6. The number of sulfonamides is 1. The molecule has 198 valence electrons. The second-order valence-electron chi connectivity index (χ2n) is 8.34. The Morgan fingerprint density at radius 2 is 1.49 bits per heavy atom. The number of rotatable bonds is 13. The van der Waals surface area contributed by atoms with Crippen LogP contribution in [0.3, 0.4) is 0 Å². The normalized spacial score (nSPS) is 12.6. The molecule has 3 rings (SSSR count). The highest BCUT2D eigenvalue weighted by molar-refractivity contribution is 7.89. The van der Waals surface area contributed by atoms with Crippen molar-refractivity contribution in [3.8, 4) is 5.75 Å². The SMILES string of the molecule is CCOC(OCC)(C(=O)NCc1ccc(OC)cc1)C(NS(=O)(=O)c1ccc(C)cc1)c1ccccc1. The number of benzene rings is 3. The molecule has 0 bridgehead atoms. The number of carbonyl (C=O) groups excluding carboxylic acids is 1. The molecule has 37 heavy (non-hydrogen) atoms. The zero-order chi connectivity index (χ0) is 26.9. The Morgan fingerprint density at radius 3 is 2.03 bits per heavy atom. The number of hydrogen-bond acceptors (Lipinski definition) is 6. The standard InChI is InChI=1S/C28H34N2O6S/c1-5-35-28(36-6-2,27(31)29-20-22-14-16-24(34-4)17-15-22)26(23-10-8-7-9-11-23)30-37(32,33)25-18-12-21(3)13-19-25/h7-19,26,30H,5-6,20H2,1-4H3,(H,29,31). The van der Waals surface area contributed by atoms with E-state index < -0.39 is 27.8 Å². The first-order valence-corrected chi connectivity index (χ1v) is 13.6. The highest BCUT2D eigenvalue weighted by atomic mass is 32.2. The molecule has 3 aromatic rings. The number of hydrogen-bond donors (Lipinski definition) is 2. The van der Waals surface area contributed by atoms with E-state index in [1.807, 2.05) is 25.1 Å². The van der Waals surface area contributed by atoms with Crippen molar-refractivity contribution in [3.63, 3.8) is 0 Å².